The fourth-order valence-electron chi connectivity index (χ4n) is 8.19. The maximum Gasteiger partial charge on any atom is 0.140 e. The van der Waals surface area contributed by atoms with Crippen molar-refractivity contribution < 1.29 is 4.74 Å². The fourth-order valence-corrected chi connectivity index (χ4v) is 8.55. The van der Waals surface area contributed by atoms with Crippen LogP contribution < -0.4 is 4.74 Å². The van der Waals surface area contributed by atoms with Gasteiger partial charge in [0, 0.05) is 26.4 Å². The lowest BCUT2D eigenvalue weighted by Gasteiger charge is -2.42. The van der Waals surface area contributed by atoms with Gasteiger partial charge in [0.15, 0.2) is 0 Å². The van der Waals surface area contributed by atoms with Crippen LogP contribution in [0.5, 0.6) is 11.5 Å². The van der Waals surface area contributed by atoms with E-state index in [0.29, 0.717) is 0 Å². The molecule has 200 valence electrons. The first-order valence-electron chi connectivity index (χ1n) is 14.7. The molecule has 8 aromatic carbocycles. The Balaban J connectivity index is 1.57. The fraction of sp³-hybridized carbons (Fsp3) is 0.0244. The molecule has 1 aliphatic heterocycles. The predicted molar refractivity (Wildman–Crippen MR) is 182 cm³/mol. The Morgan fingerprint density at radius 2 is 0.814 bits per heavy atom. The van der Waals surface area contributed by atoms with E-state index in [-0.39, 0.29) is 0 Å². The van der Waals surface area contributed by atoms with Gasteiger partial charge in [-0.2, -0.15) is 0 Å². The molecule has 8 aromatic rings. The average Bonchev–Trinajstić information content (AvgIpc) is 3.34. The van der Waals surface area contributed by atoms with Gasteiger partial charge in [0.25, 0.3) is 0 Å². The third kappa shape index (κ3) is 2.83. The number of fused-ring (bicyclic) bond motifs is 19. The lowest BCUT2D eigenvalue weighted by molar-refractivity contribution is 0.451. The first-order valence-corrected chi connectivity index (χ1v) is 15.5. The Morgan fingerprint density at radius 3 is 1.37 bits per heavy atom. The van der Waals surface area contributed by atoms with Crippen LogP contribution in [0.2, 0.25) is 0 Å². The molecule has 0 aromatic heterocycles. The number of ether oxygens (including phenoxy) is 1. The van der Waals surface area contributed by atoms with E-state index in [9.17, 15) is 0 Å². The summed E-state index contributed by atoms with van der Waals surface area (Å²) in [4.78, 5) is 0. The average molecular weight is 612 g/mol. The highest BCUT2D eigenvalue weighted by molar-refractivity contribution is 9.10. The topological polar surface area (TPSA) is 9.23 Å². The van der Waals surface area contributed by atoms with E-state index in [1.165, 1.54) is 65.7 Å². The monoisotopic (exact) mass is 610 g/mol. The Labute approximate surface area is 257 Å². The summed E-state index contributed by atoms with van der Waals surface area (Å²) in [6.45, 7) is 0. The number of hydrogen-bond acceptors (Lipinski definition) is 1. The summed E-state index contributed by atoms with van der Waals surface area (Å²) >= 11 is 3.89. The van der Waals surface area contributed by atoms with E-state index >= 15 is 0 Å². The SMILES string of the molecule is Brc1ccc2c(c1)C1(c3ccccc3-2)c2c(c3ccccc3c3ccccc23)Oc2c1c1ccccc1c1ccccc21. The molecular formula is C41H23BrO. The summed E-state index contributed by atoms with van der Waals surface area (Å²) in [5.74, 6) is 1.90. The van der Waals surface area contributed by atoms with Gasteiger partial charge in [-0.25, -0.2) is 0 Å². The molecule has 1 nitrogen and oxygen atoms in total. The minimum Gasteiger partial charge on any atom is -0.455 e. The lowest BCUT2D eigenvalue weighted by Crippen LogP contribution is -2.33. The second-order valence-corrected chi connectivity index (χ2v) is 12.6. The largest absolute Gasteiger partial charge is 0.455 e. The molecule has 1 aliphatic carbocycles. The molecule has 0 unspecified atom stereocenters. The van der Waals surface area contributed by atoms with Crippen LogP contribution in [0, 0.1) is 0 Å². The van der Waals surface area contributed by atoms with Gasteiger partial charge in [-0.3, -0.25) is 0 Å². The first kappa shape index (κ1) is 23.6. The van der Waals surface area contributed by atoms with Crippen molar-refractivity contribution in [2.24, 2.45) is 0 Å². The molecule has 1 spiro atoms. The minimum atomic E-state index is -0.605. The number of hydrogen-bond donors (Lipinski definition) is 0. The van der Waals surface area contributed by atoms with Gasteiger partial charge in [-0.15, -0.1) is 0 Å². The highest BCUT2D eigenvalue weighted by atomic mass is 79.9. The van der Waals surface area contributed by atoms with Gasteiger partial charge in [0.05, 0.1) is 5.41 Å². The van der Waals surface area contributed by atoms with Crippen LogP contribution in [0.3, 0.4) is 0 Å². The second kappa shape index (κ2) is 8.34. The van der Waals surface area contributed by atoms with E-state index in [1.807, 2.05) is 0 Å². The Morgan fingerprint density at radius 1 is 0.395 bits per heavy atom. The molecule has 0 saturated heterocycles. The molecule has 43 heavy (non-hydrogen) atoms. The summed E-state index contributed by atoms with van der Waals surface area (Å²) in [7, 11) is 0. The zero-order chi connectivity index (χ0) is 28.3. The molecule has 0 N–H and O–H groups in total. The molecule has 0 saturated carbocycles. The van der Waals surface area contributed by atoms with Crippen LogP contribution in [-0.2, 0) is 5.41 Å². The van der Waals surface area contributed by atoms with Crippen molar-refractivity contribution >= 4 is 59.0 Å². The van der Waals surface area contributed by atoms with E-state index in [2.05, 4.69) is 155 Å². The number of rotatable bonds is 0. The maximum absolute atomic E-state index is 7.36. The third-order valence-electron chi connectivity index (χ3n) is 9.73. The molecule has 1 heterocycles. The van der Waals surface area contributed by atoms with Crippen molar-refractivity contribution in [3.63, 3.8) is 0 Å². The van der Waals surface area contributed by atoms with Gasteiger partial charge in [-0.05, 0) is 66.7 Å². The summed E-state index contributed by atoms with van der Waals surface area (Å²) in [6.07, 6.45) is 0. The van der Waals surface area contributed by atoms with Crippen molar-refractivity contribution in [2.45, 2.75) is 5.41 Å². The molecule has 0 fully saturated rings. The second-order valence-electron chi connectivity index (χ2n) is 11.7. The number of halogens is 1. The van der Waals surface area contributed by atoms with Crippen molar-refractivity contribution in [2.75, 3.05) is 0 Å². The predicted octanol–water partition coefficient (Wildman–Crippen LogP) is 11.5. The van der Waals surface area contributed by atoms with Crippen molar-refractivity contribution in [1.29, 1.82) is 0 Å². The summed E-state index contributed by atoms with van der Waals surface area (Å²) in [6, 6.07) is 51.0. The van der Waals surface area contributed by atoms with Crippen LogP contribution in [0.25, 0.3) is 54.2 Å². The van der Waals surface area contributed by atoms with Gasteiger partial charge >= 0.3 is 0 Å². The smallest absolute Gasteiger partial charge is 0.140 e. The van der Waals surface area contributed by atoms with E-state index in [0.717, 1.165) is 26.7 Å². The standard InChI is InChI=1S/C41H23BrO/c42-24-21-22-30-29-15-9-10-20-35(29)41(36(30)23-24)37-31-16-5-1-11-25(31)27-13-3-7-18-33(27)39(37)43-40-34-19-8-4-14-28(34)26-12-2-6-17-32(26)38(40)41/h1-23H. The molecule has 0 atom stereocenters. The zero-order valence-electron chi connectivity index (χ0n) is 23.1. The van der Waals surface area contributed by atoms with Crippen LogP contribution in [0.1, 0.15) is 22.3 Å². The van der Waals surface area contributed by atoms with Gasteiger partial charge in [0.2, 0.25) is 0 Å². The Hall–Kier alpha value is -4.92. The van der Waals surface area contributed by atoms with Gasteiger partial charge in [0.1, 0.15) is 11.5 Å². The summed E-state index contributed by atoms with van der Waals surface area (Å²) < 4.78 is 8.43. The third-order valence-corrected chi connectivity index (χ3v) is 10.2. The van der Waals surface area contributed by atoms with Gasteiger partial charge < -0.3 is 4.74 Å². The van der Waals surface area contributed by atoms with Crippen LogP contribution in [0.4, 0.5) is 0 Å². The highest BCUT2D eigenvalue weighted by Gasteiger charge is 2.53. The molecule has 2 heteroatoms. The molecule has 0 radical (unpaired) electrons. The van der Waals surface area contributed by atoms with Crippen molar-refractivity contribution in [1.82, 2.24) is 0 Å². The van der Waals surface area contributed by atoms with E-state index in [4.69, 9.17) is 4.74 Å². The first-order chi connectivity index (χ1) is 21.3. The van der Waals surface area contributed by atoms with Crippen molar-refractivity contribution in [3.05, 3.63) is 166 Å². The zero-order valence-corrected chi connectivity index (χ0v) is 24.7. The normalized spacial score (nSPS) is 14.1. The highest BCUT2D eigenvalue weighted by Crippen LogP contribution is 2.66. The van der Waals surface area contributed by atoms with Crippen LogP contribution >= 0.6 is 15.9 Å². The quantitative estimate of drug-likeness (QED) is 0.155. The summed E-state index contributed by atoms with van der Waals surface area (Å²) in [5.41, 5.74) is 6.97. The maximum atomic E-state index is 7.36. The van der Waals surface area contributed by atoms with Crippen molar-refractivity contribution in [3.8, 4) is 22.6 Å². The molecule has 2 aliphatic rings. The van der Waals surface area contributed by atoms with E-state index < -0.39 is 5.41 Å². The minimum absolute atomic E-state index is 0.605. The van der Waals surface area contributed by atoms with Crippen LogP contribution in [-0.4, -0.2) is 0 Å². The lowest BCUT2D eigenvalue weighted by atomic mass is 9.63. The Kier molecular flexibility index (Phi) is 4.58. The van der Waals surface area contributed by atoms with E-state index in [1.54, 1.807) is 0 Å². The number of benzene rings is 8. The van der Waals surface area contributed by atoms with Gasteiger partial charge in [-0.1, -0.05) is 143 Å². The van der Waals surface area contributed by atoms with Crippen LogP contribution in [0.15, 0.2) is 144 Å². The molecule has 0 amide bonds. The molecule has 10 rings (SSSR count). The molecule has 0 bridgehead atoms. The molecular weight excluding hydrogens is 588 g/mol. The summed E-state index contributed by atoms with van der Waals surface area (Å²) in [5, 5.41) is 9.63. The Bertz CT molecular complexity index is 2380.